The van der Waals surface area contributed by atoms with Gasteiger partial charge in [-0.15, -0.1) is 34.0 Å². The number of benzene rings is 1. The van der Waals surface area contributed by atoms with Crippen LogP contribution < -0.4 is 28.4 Å². The Morgan fingerprint density at radius 3 is 1.05 bits per heavy atom. The quantitative estimate of drug-likeness (QED) is 0.0299. The molecule has 0 spiro atoms. The number of hydrazine groups is 1. The summed E-state index contributed by atoms with van der Waals surface area (Å²) < 4.78 is 7.00. The number of hydrogen-bond acceptors (Lipinski definition) is 34. The van der Waals surface area contributed by atoms with E-state index >= 15 is 0 Å². The highest BCUT2D eigenvalue weighted by molar-refractivity contribution is 9.10. The van der Waals surface area contributed by atoms with Gasteiger partial charge in [0.25, 0.3) is 5.91 Å². The summed E-state index contributed by atoms with van der Waals surface area (Å²) in [5.41, 5.74) is 45.1. The van der Waals surface area contributed by atoms with Crippen LogP contribution in [0.2, 0.25) is 0 Å². The largest absolute Gasteiger partial charge is 0.395 e. The minimum Gasteiger partial charge on any atom is -0.395 e. The summed E-state index contributed by atoms with van der Waals surface area (Å²) >= 11 is 8.42. The molecule has 21 heterocycles. The van der Waals surface area contributed by atoms with Crippen LogP contribution in [0.25, 0.3) is 132 Å². The first-order valence-electron chi connectivity index (χ1n) is 48.2. The van der Waals surface area contributed by atoms with Crippen LogP contribution in [-0.4, -0.2) is 261 Å². The second kappa shape index (κ2) is 42.4. The topological polar surface area (TPSA) is 531 Å². The fourth-order valence-electron chi connectivity index (χ4n) is 19.5. The van der Waals surface area contributed by atoms with Crippen molar-refractivity contribution in [1.82, 2.24) is 113 Å². The fourth-order valence-corrected chi connectivity index (χ4v) is 22.2. The first kappa shape index (κ1) is 101. The number of aromatic nitrogens is 18. The lowest BCUT2D eigenvalue weighted by Crippen LogP contribution is -2.49. The Morgan fingerprint density at radius 2 is 0.721 bits per heavy atom. The summed E-state index contributed by atoms with van der Waals surface area (Å²) in [5, 5.41) is 77.3. The molecular formula is C105H108BrN27O11S3. The molecule has 3 amide bonds. The van der Waals surface area contributed by atoms with E-state index in [1.165, 1.54) is 41.2 Å². The zero-order valence-corrected chi connectivity index (χ0v) is 85.6. The van der Waals surface area contributed by atoms with Crippen molar-refractivity contribution in [3.63, 3.8) is 0 Å². The van der Waals surface area contributed by atoms with Gasteiger partial charge < -0.3 is 63.2 Å². The van der Waals surface area contributed by atoms with Crippen molar-refractivity contribution < 1.29 is 54.3 Å². The number of nitrogens with zero attached hydrogens (tertiary/aromatic N) is 22. The molecule has 2 atom stereocenters. The molecule has 18 aromatic rings. The van der Waals surface area contributed by atoms with Crippen LogP contribution in [0.5, 0.6) is 0 Å². The highest BCUT2D eigenvalue weighted by Gasteiger charge is 2.42. The second-order valence-electron chi connectivity index (χ2n) is 38.0. The molecule has 0 radical (unpaired) electrons. The Balaban J connectivity index is 0.000000124. The normalized spacial score (nSPS) is 15.5. The maximum atomic E-state index is 13.0. The number of rotatable bonds is 21. The molecule has 1 unspecified atom stereocenters. The van der Waals surface area contributed by atoms with Gasteiger partial charge in [0.05, 0.1) is 123 Å². The zero-order chi connectivity index (χ0) is 103. The molecule has 147 heavy (non-hydrogen) atoms. The fraction of sp³-hybridized carbons (Fsp3) is 0.314. The number of amides is 3. The Kier molecular flexibility index (Phi) is 29.1. The van der Waals surface area contributed by atoms with Gasteiger partial charge in [-0.1, -0.05) is 48.5 Å². The van der Waals surface area contributed by atoms with Crippen LogP contribution >= 0.6 is 49.9 Å². The summed E-state index contributed by atoms with van der Waals surface area (Å²) in [7, 11) is 2.05. The number of nitrogens with one attached hydrogen (secondary N) is 1. The molecule has 38 nitrogen and oxygen atoms in total. The van der Waals surface area contributed by atoms with Crippen LogP contribution in [-0.2, 0) is 14.4 Å². The van der Waals surface area contributed by atoms with E-state index in [0.717, 1.165) is 144 Å². The lowest BCUT2D eigenvalue weighted by Gasteiger charge is -2.37. The molecule has 4 saturated heterocycles. The molecule has 4 fully saturated rings. The number of halogens is 1. The van der Waals surface area contributed by atoms with Gasteiger partial charge in [0.15, 0.2) is 39.9 Å². The van der Waals surface area contributed by atoms with Gasteiger partial charge in [-0.3, -0.25) is 49.1 Å². The van der Waals surface area contributed by atoms with E-state index < -0.39 is 43.4 Å². The van der Waals surface area contributed by atoms with Gasteiger partial charge in [-0.2, -0.15) is 38.5 Å². The molecule has 1 aromatic carbocycles. The lowest BCUT2D eigenvalue weighted by molar-refractivity contribution is -0.148. The lowest BCUT2D eigenvalue weighted by atomic mass is 9.86. The van der Waals surface area contributed by atoms with Crippen molar-refractivity contribution in [2.45, 2.75) is 116 Å². The summed E-state index contributed by atoms with van der Waals surface area (Å²) in [6.45, 7) is 11.6. The number of aliphatic hydroxyl groups excluding tert-OH is 5. The number of nitrogens with two attached hydrogens (primary N) is 4. The molecule has 4 aliphatic heterocycles. The molecular weight excluding hydrogens is 1990 g/mol. The van der Waals surface area contributed by atoms with Crippen molar-refractivity contribution in [2.24, 2.45) is 10.8 Å². The third-order valence-electron chi connectivity index (χ3n) is 28.1. The maximum absolute atomic E-state index is 13.0. The summed E-state index contributed by atoms with van der Waals surface area (Å²) in [6.07, 6.45) is 21.2. The number of pyridine rings is 6. The van der Waals surface area contributed by atoms with E-state index in [2.05, 4.69) is 114 Å². The second-order valence-corrected chi connectivity index (χ2v) is 41.5. The predicted molar refractivity (Wildman–Crippen MR) is 568 cm³/mol. The first-order valence-corrected chi connectivity index (χ1v) is 51.6. The van der Waals surface area contributed by atoms with Crippen molar-refractivity contribution in [1.29, 1.82) is 0 Å². The average molecular weight is 2100 g/mol. The van der Waals surface area contributed by atoms with E-state index in [1.807, 2.05) is 108 Å². The number of carbonyl (C=O) groups is 6. The van der Waals surface area contributed by atoms with Crippen molar-refractivity contribution in [3.8, 4) is 78.3 Å². The van der Waals surface area contributed by atoms with Crippen molar-refractivity contribution >= 4 is 162 Å². The van der Waals surface area contributed by atoms with Gasteiger partial charge in [0, 0.05) is 198 Å². The van der Waals surface area contributed by atoms with Gasteiger partial charge in [0.1, 0.15) is 43.9 Å². The summed E-state index contributed by atoms with van der Waals surface area (Å²) in [6, 6.07) is 34.3. The van der Waals surface area contributed by atoms with Crippen LogP contribution in [0.4, 0.5) is 23.3 Å². The standard InChI is InChI=1S/C30H31N7O4S.C28H27N7O3S.C25H28N6O4S.C22H22BrN7/c1-17(40)24-25(18-5-8-36(9-6-18)29(41)30(2,15-38)16-39)35-27-22(14-34-37(27)26(24)31)20-3-4-23(32-12-20)21-11-19-7-10-42-28(19)33-13-21;1-15(36)23-24(17-5-8-34(9-6-17)28(38)16(2)37)33-26-21(14-32-35(26)25(23)29)19-3-4-22(30-12-19)20-11-18-7-10-39-27(18)31-13-20;1-14(34)19-20(15-3-6-30(7-4-15)24(35)25(2,12-32)13-33)29-22-18(11-28-31(22)21(19)26)17-9-16-5-8-36-23(16)27-10-17;1-29-10-9-16(12-26-29)20-19(23)21(24)30-22(28-20)17(13-27-30)15-7-8-18(25-11-15)14-5-3-2-4-6-14/h3-4,7,10-14,18,38-39H,5-6,8-9,15-16,31H2,1-2H3;3-4,7,10-14,16-17,37H,5-6,8-9,29H2,1-2H3;5,8-11,15,32-33H,3-4,6-7,12-13,26H2,1-2H3;2-8,11,13,16,26H,9-10,12,24H2,1H3/t;16-;;/m.1../s1. The van der Waals surface area contributed by atoms with Gasteiger partial charge >= 0.3 is 0 Å². The number of carbonyl (C=O) groups excluding carboxylic acids is 6. The molecule has 17 aromatic heterocycles. The van der Waals surface area contributed by atoms with Gasteiger partial charge in [-0.25, -0.2) is 39.9 Å². The van der Waals surface area contributed by atoms with E-state index in [1.54, 1.807) is 110 Å². The zero-order valence-electron chi connectivity index (χ0n) is 81.6. The average Bonchev–Trinajstić information content (AvgIpc) is 1.56. The molecule has 754 valence electrons. The Morgan fingerprint density at radius 1 is 0.401 bits per heavy atom. The number of thiophene rings is 3. The number of anilines is 4. The minimum atomic E-state index is -1.23. The highest BCUT2D eigenvalue weighted by Crippen LogP contribution is 2.44. The Labute approximate surface area is 862 Å². The van der Waals surface area contributed by atoms with Crippen LogP contribution in [0, 0.1) is 10.8 Å². The Hall–Kier alpha value is -14.7. The monoisotopic (exact) mass is 2100 g/mol. The van der Waals surface area contributed by atoms with Gasteiger partial charge in [-0.05, 0) is 173 Å². The predicted octanol–water partition coefficient (Wildman–Crippen LogP) is 13.7. The number of Topliss-reactive ketones (excluding diaryl/α,β-unsaturated/α-hetero) is 3. The van der Waals surface area contributed by atoms with Gasteiger partial charge in [0.2, 0.25) is 11.8 Å². The molecule has 4 aliphatic rings. The molecule has 0 aliphatic carbocycles. The van der Waals surface area contributed by atoms with Crippen molar-refractivity contribution in [3.05, 3.63) is 225 Å². The van der Waals surface area contributed by atoms with E-state index in [9.17, 15) is 54.3 Å². The summed E-state index contributed by atoms with van der Waals surface area (Å²) in [5.74, 6) is -0.147. The number of ketones is 3. The number of likely N-dealkylation sites (tertiary alicyclic amines) is 3. The van der Waals surface area contributed by atoms with Crippen molar-refractivity contribution in [2.75, 3.05) is 109 Å². The van der Waals surface area contributed by atoms with E-state index in [4.69, 9.17) is 42.9 Å². The number of hydrogen-bond donors (Lipinski definition) is 10. The number of piperidine rings is 3. The number of aliphatic hydroxyl groups is 5. The van der Waals surface area contributed by atoms with Crippen LogP contribution in [0.15, 0.2) is 186 Å². The molecule has 22 rings (SSSR count). The van der Waals surface area contributed by atoms with E-state index in [-0.39, 0.29) is 76.2 Å². The molecule has 0 bridgehead atoms. The van der Waals surface area contributed by atoms with Crippen LogP contribution in [0.1, 0.15) is 164 Å². The number of nitrogen functional groups attached to an aromatic ring is 4. The van der Waals surface area contributed by atoms with E-state index in [0.29, 0.717) is 134 Å². The minimum absolute atomic E-state index is 0.0583. The SMILES string of the molecule is CC(=O)c1c(C2CCN(C(=O)C(C)(CO)CO)CC2)nc2c(-c3ccc(-c4cnc5sccc5c4)nc3)cnn2c1N.CC(=O)c1c(C2CCN(C(=O)C(C)(CO)CO)CC2)nc2c(-c3cnc4sccc4c3)cnn2c1N.CC(=O)c1c(C2CCN(C(=O)[C@@H](C)O)CC2)nc2c(-c3ccc(-c4cnc5sccc5c4)nc3)cnn2c1N.CN1CCC(c2nc3c(-c4ccc(-c5ccccc5)nc4)cnn3c(N)c2Br)CN1. The highest BCUT2D eigenvalue weighted by atomic mass is 79.9. The molecule has 0 saturated carbocycles. The maximum Gasteiger partial charge on any atom is 0.251 e. The van der Waals surface area contributed by atoms with Crippen LogP contribution in [0.3, 0.4) is 0 Å². The third-order valence-corrected chi connectivity index (χ3v) is 31.4. The first-order chi connectivity index (χ1) is 70.9. The Bertz CT molecular complexity index is 8030. The smallest absolute Gasteiger partial charge is 0.251 e. The molecule has 42 heteroatoms. The molecule has 14 N–H and O–H groups in total. The summed E-state index contributed by atoms with van der Waals surface area (Å²) in [4.78, 5) is 131. The number of fused-ring (bicyclic) bond motifs is 7. The third kappa shape index (κ3) is 19.9.